The lowest BCUT2D eigenvalue weighted by atomic mass is 10.6. The second-order valence-corrected chi connectivity index (χ2v) is 6.64. The maximum atomic E-state index is 12.1. The molecule has 10 heteroatoms. The predicted octanol–water partition coefficient (Wildman–Crippen LogP) is 0.0632. The SMILES string of the molecule is CNCCn1cc(S(=O)(=O)Nc2nnc(C)s2)cn1. The first-order valence-corrected chi connectivity index (χ1v) is 7.81. The van der Waals surface area contributed by atoms with Gasteiger partial charge in [-0.3, -0.25) is 9.40 Å². The third-order valence-electron chi connectivity index (χ3n) is 2.26. The van der Waals surface area contributed by atoms with Crippen molar-refractivity contribution in [3.8, 4) is 0 Å². The van der Waals surface area contributed by atoms with Gasteiger partial charge in [0, 0.05) is 12.7 Å². The highest BCUT2D eigenvalue weighted by Gasteiger charge is 2.18. The number of hydrogen-bond acceptors (Lipinski definition) is 7. The zero-order chi connectivity index (χ0) is 13.9. The Bertz CT molecular complexity index is 647. The number of hydrogen-bond donors (Lipinski definition) is 2. The third-order valence-corrected chi connectivity index (χ3v) is 4.44. The van der Waals surface area contributed by atoms with Crippen LogP contribution in [0.1, 0.15) is 5.01 Å². The van der Waals surface area contributed by atoms with Crippen molar-refractivity contribution in [3.05, 3.63) is 17.4 Å². The quantitative estimate of drug-likeness (QED) is 0.782. The van der Waals surface area contributed by atoms with Gasteiger partial charge in [-0.2, -0.15) is 5.10 Å². The summed E-state index contributed by atoms with van der Waals surface area (Å²) >= 11 is 1.18. The van der Waals surface area contributed by atoms with E-state index in [1.54, 1.807) is 11.6 Å². The highest BCUT2D eigenvalue weighted by molar-refractivity contribution is 7.93. The summed E-state index contributed by atoms with van der Waals surface area (Å²) in [5.41, 5.74) is 0. The van der Waals surface area contributed by atoms with Crippen LogP contribution in [0.5, 0.6) is 0 Å². The van der Waals surface area contributed by atoms with Gasteiger partial charge in [-0.25, -0.2) is 8.42 Å². The predicted molar refractivity (Wildman–Crippen MR) is 71.6 cm³/mol. The lowest BCUT2D eigenvalue weighted by Gasteiger charge is -2.01. The summed E-state index contributed by atoms with van der Waals surface area (Å²) in [5.74, 6) is 0. The van der Waals surface area contributed by atoms with Crippen molar-refractivity contribution in [2.75, 3.05) is 18.3 Å². The van der Waals surface area contributed by atoms with Crippen LogP contribution in [0.4, 0.5) is 5.13 Å². The highest BCUT2D eigenvalue weighted by Crippen LogP contribution is 2.18. The number of sulfonamides is 1. The van der Waals surface area contributed by atoms with E-state index in [1.807, 2.05) is 7.05 Å². The molecule has 0 fully saturated rings. The molecule has 8 nitrogen and oxygen atoms in total. The van der Waals surface area contributed by atoms with Crippen molar-refractivity contribution in [1.29, 1.82) is 0 Å². The van der Waals surface area contributed by atoms with Crippen LogP contribution in [-0.4, -0.2) is 42.0 Å². The number of aryl methyl sites for hydroxylation is 1. The van der Waals surface area contributed by atoms with Gasteiger partial charge in [0.25, 0.3) is 10.0 Å². The minimum absolute atomic E-state index is 0.108. The van der Waals surface area contributed by atoms with Gasteiger partial charge in [0.15, 0.2) is 0 Å². The largest absolute Gasteiger partial charge is 0.318 e. The summed E-state index contributed by atoms with van der Waals surface area (Å²) in [4.78, 5) is 0.108. The molecule has 2 rings (SSSR count). The average molecular weight is 302 g/mol. The minimum atomic E-state index is -3.65. The second-order valence-electron chi connectivity index (χ2n) is 3.77. The number of anilines is 1. The van der Waals surface area contributed by atoms with Crippen LogP contribution >= 0.6 is 11.3 Å². The standard InChI is InChI=1S/C9H14N6O2S2/c1-7-12-13-9(18-7)14-19(16,17)8-5-11-15(6-8)4-3-10-2/h5-6,10H,3-4H2,1-2H3,(H,13,14). The number of likely N-dealkylation sites (N-methyl/N-ethyl adjacent to an activating group) is 1. The number of nitrogens with zero attached hydrogens (tertiary/aromatic N) is 4. The molecule has 0 saturated carbocycles. The molecule has 2 aromatic heterocycles. The normalized spacial score (nSPS) is 11.7. The van der Waals surface area contributed by atoms with E-state index < -0.39 is 10.0 Å². The zero-order valence-corrected chi connectivity index (χ0v) is 12.1. The van der Waals surface area contributed by atoms with Gasteiger partial charge in [0.05, 0.1) is 12.7 Å². The van der Waals surface area contributed by atoms with Gasteiger partial charge in [-0.1, -0.05) is 11.3 Å². The lowest BCUT2D eigenvalue weighted by molar-refractivity contribution is 0.582. The van der Waals surface area contributed by atoms with E-state index >= 15 is 0 Å². The molecule has 0 aromatic carbocycles. The van der Waals surface area contributed by atoms with Crippen molar-refractivity contribution < 1.29 is 8.42 Å². The van der Waals surface area contributed by atoms with E-state index in [0.29, 0.717) is 18.1 Å². The molecule has 19 heavy (non-hydrogen) atoms. The van der Waals surface area contributed by atoms with Crippen molar-refractivity contribution in [2.24, 2.45) is 0 Å². The molecule has 0 aliphatic carbocycles. The van der Waals surface area contributed by atoms with Crippen LogP contribution in [-0.2, 0) is 16.6 Å². The fraction of sp³-hybridized carbons (Fsp3) is 0.444. The summed E-state index contributed by atoms with van der Waals surface area (Å²) in [7, 11) is -1.83. The highest BCUT2D eigenvalue weighted by atomic mass is 32.2. The summed E-state index contributed by atoms with van der Waals surface area (Å²) in [6.45, 7) is 3.07. The van der Waals surface area contributed by atoms with E-state index in [4.69, 9.17) is 0 Å². The Morgan fingerprint density at radius 3 is 2.84 bits per heavy atom. The Kier molecular flexibility index (Phi) is 4.12. The Hall–Kier alpha value is -1.52. The van der Waals surface area contributed by atoms with E-state index in [9.17, 15) is 8.42 Å². The Morgan fingerprint density at radius 2 is 2.21 bits per heavy atom. The number of aromatic nitrogens is 4. The first-order chi connectivity index (χ1) is 9.01. The lowest BCUT2D eigenvalue weighted by Crippen LogP contribution is -2.15. The Morgan fingerprint density at radius 1 is 1.42 bits per heavy atom. The minimum Gasteiger partial charge on any atom is -0.318 e. The van der Waals surface area contributed by atoms with Gasteiger partial charge in [0.1, 0.15) is 9.90 Å². The summed E-state index contributed by atoms with van der Waals surface area (Å²) in [5, 5.41) is 15.4. The van der Waals surface area contributed by atoms with E-state index in [2.05, 4.69) is 25.3 Å². The molecule has 0 aliphatic rings. The number of rotatable bonds is 6. The molecule has 0 unspecified atom stereocenters. The zero-order valence-electron chi connectivity index (χ0n) is 10.5. The molecule has 0 radical (unpaired) electrons. The van der Waals surface area contributed by atoms with Crippen LogP contribution in [0.25, 0.3) is 0 Å². The molecule has 2 N–H and O–H groups in total. The van der Waals surface area contributed by atoms with Crippen LogP contribution in [0.2, 0.25) is 0 Å². The smallest absolute Gasteiger partial charge is 0.266 e. The van der Waals surface area contributed by atoms with Crippen LogP contribution in [0.15, 0.2) is 17.3 Å². The molecule has 0 aliphatic heterocycles. The molecule has 2 heterocycles. The van der Waals surface area contributed by atoms with Crippen molar-refractivity contribution in [2.45, 2.75) is 18.4 Å². The van der Waals surface area contributed by atoms with Gasteiger partial charge in [-0.05, 0) is 14.0 Å². The topological polar surface area (TPSA) is 102 Å². The monoisotopic (exact) mass is 302 g/mol. The molecule has 0 bridgehead atoms. The summed E-state index contributed by atoms with van der Waals surface area (Å²) in [6.07, 6.45) is 2.79. The molecular weight excluding hydrogens is 288 g/mol. The Labute approximate surface area is 114 Å². The maximum absolute atomic E-state index is 12.1. The average Bonchev–Trinajstić information content (AvgIpc) is 2.95. The first kappa shape index (κ1) is 13.9. The third kappa shape index (κ3) is 3.49. The summed E-state index contributed by atoms with van der Waals surface area (Å²) in [6, 6.07) is 0. The molecule has 0 atom stereocenters. The number of nitrogens with one attached hydrogen (secondary N) is 2. The van der Waals surface area contributed by atoms with Gasteiger partial charge in [0.2, 0.25) is 5.13 Å². The summed E-state index contributed by atoms with van der Waals surface area (Å²) < 4.78 is 28.1. The van der Waals surface area contributed by atoms with Crippen LogP contribution in [0.3, 0.4) is 0 Å². The molecular formula is C9H14N6O2S2. The fourth-order valence-electron chi connectivity index (χ4n) is 1.34. The van der Waals surface area contributed by atoms with Crippen LogP contribution in [0, 0.1) is 6.92 Å². The van der Waals surface area contributed by atoms with Crippen molar-refractivity contribution in [3.63, 3.8) is 0 Å². The molecule has 2 aromatic rings. The molecule has 104 valence electrons. The first-order valence-electron chi connectivity index (χ1n) is 5.51. The molecule has 0 saturated heterocycles. The van der Waals surface area contributed by atoms with Gasteiger partial charge >= 0.3 is 0 Å². The van der Waals surface area contributed by atoms with Gasteiger partial charge < -0.3 is 5.32 Å². The van der Waals surface area contributed by atoms with Crippen molar-refractivity contribution in [1.82, 2.24) is 25.3 Å². The molecule has 0 amide bonds. The second kappa shape index (κ2) is 5.63. The van der Waals surface area contributed by atoms with Gasteiger partial charge in [-0.15, -0.1) is 10.2 Å². The van der Waals surface area contributed by atoms with Crippen LogP contribution < -0.4 is 10.0 Å². The van der Waals surface area contributed by atoms with E-state index in [-0.39, 0.29) is 10.0 Å². The van der Waals surface area contributed by atoms with E-state index in [0.717, 1.165) is 0 Å². The van der Waals surface area contributed by atoms with Crippen molar-refractivity contribution >= 4 is 26.5 Å². The molecule has 0 spiro atoms. The maximum Gasteiger partial charge on any atom is 0.266 e. The Balaban J connectivity index is 2.13. The fourth-order valence-corrected chi connectivity index (χ4v) is 3.12. The van der Waals surface area contributed by atoms with E-state index in [1.165, 1.54) is 23.7 Å².